The lowest BCUT2D eigenvalue weighted by Crippen LogP contribution is -2.27. The number of para-hydroxylation sites is 1. The van der Waals surface area contributed by atoms with Crippen molar-refractivity contribution in [1.82, 2.24) is 14.3 Å². The number of fused-ring (bicyclic) bond motifs is 1. The van der Waals surface area contributed by atoms with Gasteiger partial charge in [0.2, 0.25) is 5.91 Å². The molecule has 0 aliphatic heterocycles. The number of ether oxygens (including phenoxy) is 1. The Labute approximate surface area is 160 Å². The van der Waals surface area contributed by atoms with Crippen LogP contribution < -0.4 is 15.6 Å². The Kier molecular flexibility index (Phi) is 4.63. The van der Waals surface area contributed by atoms with E-state index < -0.39 is 0 Å². The molecule has 1 amide bonds. The summed E-state index contributed by atoms with van der Waals surface area (Å²) in [5, 5.41) is 3.30. The molecule has 140 valence electrons. The molecule has 0 aliphatic carbocycles. The van der Waals surface area contributed by atoms with E-state index in [1.54, 1.807) is 54.4 Å². The van der Waals surface area contributed by atoms with E-state index in [4.69, 9.17) is 4.74 Å². The molecule has 0 atom stereocenters. The van der Waals surface area contributed by atoms with Crippen LogP contribution in [-0.4, -0.2) is 27.4 Å². The van der Waals surface area contributed by atoms with Crippen LogP contribution in [0, 0.1) is 0 Å². The highest BCUT2D eigenvalue weighted by Gasteiger charge is 2.17. The molecule has 0 fully saturated rings. The largest absolute Gasteiger partial charge is 0.497 e. The van der Waals surface area contributed by atoms with Crippen LogP contribution in [0.5, 0.6) is 5.75 Å². The number of rotatable bonds is 5. The van der Waals surface area contributed by atoms with Crippen LogP contribution >= 0.6 is 0 Å². The van der Waals surface area contributed by atoms with Crippen molar-refractivity contribution in [3.8, 4) is 11.4 Å². The van der Waals surface area contributed by atoms with E-state index in [9.17, 15) is 9.59 Å². The molecule has 2 heterocycles. The van der Waals surface area contributed by atoms with Crippen molar-refractivity contribution in [2.24, 2.45) is 0 Å². The van der Waals surface area contributed by atoms with Crippen molar-refractivity contribution in [2.75, 3.05) is 12.4 Å². The van der Waals surface area contributed by atoms with E-state index in [0.717, 1.165) is 0 Å². The Morgan fingerprint density at radius 3 is 2.50 bits per heavy atom. The zero-order chi connectivity index (χ0) is 19.5. The molecule has 0 unspecified atom stereocenters. The minimum absolute atomic E-state index is 0.0589. The summed E-state index contributed by atoms with van der Waals surface area (Å²) < 4.78 is 8.19. The van der Waals surface area contributed by atoms with Crippen molar-refractivity contribution in [2.45, 2.75) is 6.54 Å². The number of carbonyl (C=O) groups excluding carboxylic acids is 1. The second kappa shape index (κ2) is 7.40. The first-order valence-corrected chi connectivity index (χ1v) is 8.73. The van der Waals surface area contributed by atoms with Crippen LogP contribution in [0.3, 0.4) is 0 Å². The summed E-state index contributed by atoms with van der Waals surface area (Å²) in [6, 6.07) is 19.7. The fraction of sp³-hybridized carbons (Fsp3) is 0.0952. The molecule has 0 aliphatic rings. The molecule has 28 heavy (non-hydrogen) atoms. The summed E-state index contributed by atoms with van der Waals surface area (Å²) >= 11 is 0. The van der Waals surface area contributed by atoms with E-state index in [1.165, 1.54) is 4.68 Å². The number of carbonyl (C=O) groups is 1. The Hall–Kier alpha value is -3.87. The highest BCUT2D eigenvalue weighted by molar-refractivity contribution is 5.91. The van der Waals surface area contributed by atoms with Crippen LogP contribution in [0.4, 0.5) is 5.69 Å². The maximum atomic E-state index is 12.9. The minimum Gasteiger partial charge on any atom is -0.497 e. The smallest absolute Gasteiger partial charge is 0.280 e. The van der Waals surface area contributed by atoms with Crippen molar-refractivity contribution in [1.29, 1.82) is 0 Å². The molecule has 7 nitrogen and oxygen atoms in total. The molecule has 1 N–H and O–H groups in total. The monoisotopic (exact) mass is 374 g/mol. The summed E-state index contributed by atoms with van der Waals surface area (Å²) in [5.74, 6) is 0.439. The molecule has 2 aromatic heterocycles. The van der Waals surface area contributed by atoms with Gasteiger partial charge in [0, 0.05) is 11.9 Å². The van der Waals surface area contributed by atoms with Gasteiger partial charge in [-0.2, -0.15) is 0 Å². The Balaban J connectivity index is 1.71. The van der Waals surface area contributed by atoms with Crippen LogP contribution in [0.1, 0.15) is 0 Å². The van der Waals surface area contributed by atoms with Crippen LogP contribution in [-0.2, 0) is 11.3 Å². The van der Waals surface area contributed by atoms with Crippen LogP contribution in [0.25, 0.3) is 16.7 Å². The third kappa shape index (κ3) is 3.25. The number of nitrogens with one attached hydrogen (secondary N) is 1. The van der Waals surface area contributed by atoms with E-state index in [2.05, 4.69) is 10.3 Å². The zero-order valence-electron chi connectivity index (χ0n) is 15.2. The number of anilines is 1. The second-order valence-corrected chi connectivity index (χ2v) is 6.16. The van der Waals surface area contributed by atoms with Gasteiger partial charge in [-0.25, -0.2) is 9.67 Å². The lowest BCUT2D eigenvalue weighted by atomic mass is 10.3. The number of benzene rings is 2. The molecule has 4 aromatic rings. The third-order valence-electron chi connectivity index (χ3n) is 4.36. The number of amides is 1. The summed E-state index contributed by atoms with van der Waals surface area (Å²) in [6.07, 6.45) is 1.61. The Morgan fingerprint density at radius 1 is 1.04 bits per heavy atom. The number of aromatic nitrogens is 3. The van der Waals surface area contributed by atoms with Gasteiger partial charge in [-0.3, -0.25) is 14.3 Å². The molecular formula is C21H18N4O3. The third-order valence-corrected chi connectivity index (χ3v) is 4.36. The fourth-order valence-corrected chi connectivity index (χ4v) is 3.07. The van der Waals surface area contributed by atoms with Gasteiger partial charge >= 0.3 is 0 Å². The predicted molar refractivity (Wildman–Crippen MR) is 107 cm³/mol. The minimum atomic E-state index is -0.266. The number of nitrogens with zero attached hydrogens (tertiary/aromatic N) is 3. The van der Waals surface area contributed by atoms with Gasteiger partial charge in [0.25, 0.3) is 5.56 Å². The first kappa shape index (κ1) is 17.5. The van der Waals surface area contributed by atoms with E-state index in [-0.39, 0.29) is 18.0 Å². The summed E-state index contributed by atoms with van der Waals surface area (Å²) in [7, 11) is 1.58. The summed E-state index contributed by atoms with van der Waals surface area (Å²) in [5.41, 5.74) is 1.55. The number of pyridine rings is 1. The van der Waals surface area contributed by atoms with Gasteiger partial charge in [-0.1, -0.05) is 18.2 Å². The van der Waals surface area contributed by atoms with Crippen molar-refractivity contribution >= 4 is 22.6 Å². The molecule has 4 rings (SSSR count). The highest BCUT2D eigenvalue weighted by atomic mass is 16.5. The molecule has 0 radical (unpaired) electrons. The van der Waals surface area contributed by atoms with Crippen LogP contribution in [0.2, 0.25) is 0 Å². The Bertz CT molecular complexity index is 1180. The molecule has 2 aromatic carbocycles. The first-order valence-electron chi connectivity index (χ1n) is 8.73. The van der Waals surface area contributed by atoms with Gasteiger partial charge in [0.1, 0.15) is 12.3 Å². The first-order chi connectivity index (χ1) is 13.7. The normalized spacial score (nSPS) is 10.8. The molecular weight excluding hydrogens is 356 g/mol. The van der Waals surface area contributed by atoms with Gasteiger partial charge < -0.3 is 10.1 Å². The SMILES string of the molecule is COc1ccc(NC(=O)Cn2c3ncccc3c(=O)n2-c2ccccc2)cc1. The van der Waals surface area contributed by atoms with Crippen molar-refractivity contribution < 1.29 is 9.53 Å². The summed E-state index contributed by atoms with van der Waals surface area (Å²) in [6.45, 7) is -0.0589. The molecule has 0 saturated heterocycles. The zero-order valence-corrected chi connectivity index (χ0v) is 15.2. The fourth-order valence-electron chi connectivity index (χ4n) is 3.07. The maximum Gasteiger partial charge on any atom is 0.280 e. The van der Waals surface area contributed by atoms with Gasteiger partial charge in [-0.05, 0) is 48.5 Å². The average Bonchev–Trinajstić information content (AvgIpc) is 3.01. The lowest BCUT2D eigenvalue weighted by Gasteiger charge is -2.12. The van der Waals surface area contributed by atoms with E-state index >= 15 is 0 Å². The standard InChI is InChI=1S/C21H18N4O3/c1-28-17-11-9-15(10-12-17)23-19(26)14-24-20-18(8-5-13-22-20)21(27)25(24)16-6-3-2-4-7-16/h2-13H,14H2,1H3,(H,23,26). The molecule has 0 spiro atoms. The van der Waals surface area contributed by atoms with Crippen molar-refractivity contribution in [3.63, 3.8) is 0 Å². The highest BCUT2D eigenvalue weighted by Crippen LogP contribution is 2.16. The van der Waals surface area contributed by atoms with Crippen LogP contribution in [0.15, 0.2) is 77.7 Å². The predicted octanol–water partition coefficient (Wildman–Crippen LogP) is 2.83. The molecule has 7 heteroatoms. The molecule has 0 bridgehead atoms. The Morgan fingerprint density at radius 2 is 1.79 bits per heavy atom. The number of hydrogen-bond acceptors (Lipinski definition) is 4. The average molecular weight is 374 g/mol. The quantitative estimate of drug-likeness (QED) is 0.583. The van der Waals surface area contributed by atoms with Gasteiger partial charge in [0.15, 0.2) is 5.65 Å². The maximum absolute atomic E-state index is 12.9. The summed E-state index contributed by atoms with van der Waals surface area (Å²) in [4.78, 5) is 29.9. The second-order valence-electron chi connectivity index (χ2n) is 6.16. The topological polar surface area (TPSA) is 78.2 Å². The van der Waals surface area contributed by atoms with Crippen molar-refractivity contribution in [3.05, 3.63) is 83.3 Å². The lowest BCUT2D eigenvalue weighted by molar-refractivity contribution is -0.116. The molecule has 0 saturated carbocycles. The van der Waals surface area contributed by atoms with Gasteiger partial charge in [-0.15, -0.1) is 0 Å². The van der Waals surface area contributed by atoms with Gasteiger partial charge in [0.05, 0.1) is 18.2 Å². The number of hydrogen-bond donors (Lipinski definition) is 1. The van der Waals surface area contributed by atoms with E-state index in [1.807, 2.05) is 30.3 Å². The van der Waals surface area contributed by atoms with E-state index in [0.29, 0.717) is 28.2 Å². The number of methoxy groups -OCH3 is 1.